The van der Waals surface area contributed by atoms with Crippen molar-refractivity contribution in [3.8, 4) is 0 Å². The average molecular weight is 292 g/mol. The molecular formula is C16H24N2OS. The highest BCUT2D eigenvalue weighted by Gasteiger charge is 2.13. The van der Waals surface area contributed by atoms with Crippen molar-refractivity contribution in [3.63, 3.8) is 0 Å². The number of amides is 1. The van der Waals surface area contributed by atoms with Gasteiger partial charge in [-0.3, -0.25) is 9.69 Å². The molecule has 3 nitrogen and oxygen atoms in total. The molecule has 1 saturated heterocycles. The van der Waals surface area contributed by atoms with E-state index in [1.807, 2.05) is 23.9 Å². The molecule has 0 unspecified atom stereocenters. The van der Waals surface area contributed by atoms with Gasteiger partial charge < -0.3 is 5.32 Å². The van der Waals surface area contributed by atoms with E-state index in [1.54, 1.807) is 0 Å². The molecule has 1 aliphatic heterocycles. The third kappa shape index (κ3) is 4.84. The first kappa shape index (κ1) is 15.4. The summed E-state index contributed by atoms with van der Waals surface area (Å²) < 4.78 is 0. The van der Waals surface area contributed by atoms with Gasteiger partial charge in [0.25, 0.3) is 0 Å². The van der Waals surface area contributed by atoms with Crippen LogP contribution in [-0.4, -0.2) is 35.4 Å². The molecule has 0 radical (unpaired) electrons. The van der Waals surface area contributed by atoms with E-state index >= 15 is 0 Å². The van der Waals surface area contributed by atoms with E-state index in [1.165, 1.54) is 17.1 Å². The summed E-state index contributed by atoms with van der Waals surface area (Å²) in [5.74, 6) is 2.56. The van der Waals surface area contributed by atoms with E-state index in [0.717, 1.165) is 38.2 Å². The number of unbranched alkanes of at least 4 members (excludes halogenated alkanes) is 1. The van der Waals surface area contributed by atoms with Crippen molar-refractivity contribution in [2.24, 2.45) is 0 Å². The molecule has 2 rings (SSSR count). The number of nitrogens with zero attached hydrogens (tertiary/aromatic N) is 1. The number of carbonyl (C=O) groups excluding carboxylic acids is 1. The zero-order valence-electron chi connectivity index (χ0n) is 12.2. The molecule has 20 heavy (non-hydrogen) atoms. The summed E-state index contributed by atoms with van der Waals surface area (Å²) in [6.07, 6.45) is 2.63. The molecule has 1 amide bonds. The molecule has 0 aromatic heterocycles. The maximum atomic E-state index is 11.9. The number of hydrogen-bond acceptors (Lipinski definition) is 3. The SMILES string of the molecule is CCCCC(=O)Nc1ccccc1CN1CCSCC1. The zero-order chi connectivity index (χ0) is 14.2. The highest BCUT2D eigenvalue weighted by atomic mass is 32.2. The summed E-state index contributed by atoms with van der Waals surface area (Å²) in [6.45, 7) is 5.33. The molecule has 0 atom stereocenters. The van der Waals surface area contributed by atoms with E-state index in [-0.39, 0.29) is 5.91 Å². The summed E-state index contributed by atoms with van der Waals surface area (Å²) in [5.41, 5.74) is 2.20. The minimum absolute atomic E-state index is 0.133. The summed E-state index contributed by atoms with van der Waals surface area (Å²) in [5, 5.41) is 3.06. The Hall–Kier alpha value is -1.00. The number of anilines is 1. The molecule has 0 bridgehead atoms. The summed E-state index contributed by atoms with van der Waals surface area (Å²) in [6, 6.07) is 8.18. The molecule has 1 N–H and O–H groups in total. The summed E-state index contributed by atoms with van der Waals surface area (Å²) >= 11 is 2.02. The predicted octanol–water partition coefficient (Wildman–Crippen LogP) is 3.36. The van der Waals surface area contributed by atoms with E-state index in [4.69, 9.17) is 0 Å². The summed E-state index contributed by atoms with van der Waals surface area (Å²) in [4.78, 5) is 14.4. The smallest absolute Gasteiger partial charge is 0.224 e. The lowest BCUT2D eigenvalue weighted by atomic mass is 10.1. The van der Waals surface area contributed by atoms with Crippen molar-refractivity contribution in [3.05, 3.63) is 29.8 Å². The lowest BCUT2D eigenvalue weighted by molar-refractivity contribution is -0.116. The van der Waals surface area contributed by atoms with Crippen molar-refractivity contribution in [1.29, 1.82) is 0 Å². The van der Waals surface area contributed by atoms with Gasteiger partial charge in [-0.2, -0.15) is 11.8 Å². The van der Waals surface area contributed by atoms with E-state index in [2.05, 4.69) is 29.3 Å². The van der Waals surface area contributed by atoms with Crippen molar-refractivity contribution < 1.29 is 4.79 Å². The highest BCUT2D eigenvalue weighted by molar-refractivity contribution is 7.99. The van der Waals surface area contributed by atoms with Gasteiger partial charge in [0.2, 0.25) is 5.91 Å². The first-order valence-electron chi connectivity index (χ1n) is 7.47. The largest absolute Gasteiger partial charge is 0.326 e. The van der Waals surface area contributed by atoms with Gasteiger partial charge in [-0.25, -0.2) is 0 Å². The third-order valence-corrected chi connectivity index (χ3v) is 4.49. The first-order chi connectivity index (χ1) is 9.79. The van der Waals surface area contributed by atoms with E-state index in [9.17, 15) is 4.79 Å². The van der Waals surface area contributed by atoms with Crippen LogP contribution in [0.3, 0.4) is 0 Å². The monoisotopic (exact) mass is 292 g/mol. The summed E-state index contributed by atoms with van der Waals surface area (Å²) in [7, 11) is 0. The molecule has 0 saturated carbocycles. The Morgan fingerprint density at radius 1 is 1.30 bits per heavy atom. The molecule has 0 spiro atoms. The standard InChI is InChI=1S/C16H24N2OS/c1-2-3-8-16(19)17-15-7-5-4-6-14(15)13-18-9-11-20-12-10-18/h4-7H,2-3,8-13H2,1H3,(H,17,19). The number of thioether (sulfide) groups is 1. The Kier molecular flexibility index (Phi) is 6.40. The van der Waals surface area contributed by atoms with Crippen LogP contribution in [0.15, 0.2) is 24.3 Å². The molecule has 0 aliphatic carbocycles. The normalized spacial score (nSPS) is 16.1. The number of rotatable bonds is 6. The number of para-hydroxylation sites is 1. The van der Waals surface area contributed by atoms with Gasteiger partial charge in [0.05, 0.1) is 0 Å². The van der Waals surface area contributed by atoms with Gasteiger partial charge in [-0.15, -0.1) is 0 Å². The van der Waals surface area contributed by atoms with Gasteiger partial charge in [0, 0.05) is 43.2 Å². The molecule has 1 aromatic carbocycles. The van der Waals surface area contributed by atoms with Crippen LogP contribution >= 0.6 is 11.8 Å². The van der Waals surface area contributed by atoms with Gasteiger partial charge in [0.1, 0.15) is 0 Å². The van der Waals surface area contributed by atoms with Crippen LogP contribution in [0.2, 0.25) is 0 Å². The van der Waals surface area contributed by atoms with Crippen LogP contribution in [-0.2, 0) is 11.3 Å². The van der Waals surface area contributed by atoms with Crippen molar-refractivity contribution in [2.45, 2.75) is 32.7 Å². The first-order valence-corrected chi connectivity index (χ1v) is 8.63. The molecule has 1 fully saturated rings. The average Bonchev–Trinajstić information content (AvgIpc) is 2.48. The topological polar surface area (TPSA) is 32.3 Å². The van der Waals surface area contributed by atoms with Crippen LogP contribution in [0, 0.1) is 0 Å². The lowest BCUT2D eigenvalue weighted by Gasteiger charge is -2.27. The maximum Gasteiger partial charge on any atom is 0.224 e. The van der Waals surface area contributed by atoms with Crippen molar-refractivity contribution in [2.75, 3.05) is 29.9 Å². The maximum absolute atomic E-state index is 11.9. The minimum atomic E-state index is 0.133. The van der Waals surface area contributed by atoms with Gasteiger partial charge in [-0.05, 0) is 18.1 Å². The fourth-order valence-electron chi connectivity index (χ4n) is 2.33. The second-order valence-corrected chi connectivity index (χ2v) is 6.42. The van der Waals surface area contributed by atoms with Gasteiger partial charge >= 0.3 is 0 Å². The molecular weight excluding hydrogens is 268 g/mol. The second-order valence-electron chi connectivity index (χ2n) is 5.20. The Bertz CT molecular complexity index is 430. The molecule has 4 heteroatoms. The van der Waals surface area contributed by atoms with Crippen LogP contribution in [0.1, 0.15) is 31.7 Å². The quantitative estimate of drug-likeness (QED) is 0.872. The number of benzene rings is 1. The Morgan fingerprint density at radius 3 is 2.80 bits per heavy atom. The van der Waals surface area contributed by atoms with Crippen molar-refractivity contribution in [1.82, 2.24) is 4.90 Å². The van der Waals surface area contributed by atoms with Crippen molar-refractivity contribution >= 4 is 23.4 Å². The van der Waals surface area contributed by atoms with Gasteiger partial charge in [-0.1, -0.05) is 31.5 Å². The minimum Gasteiger partial charge on any atom is -0.326 e. The van der Waals surface area contributed by atoms with Gasteiger partial charge in [0.15, 0.2) is 0 Å². The Morgan fingerprint density at radius 2 is 2.05 bits per heavy atom. The highest BCUT2D eigenvalue weighted by Crippen LogP contribution is 2.20. The predicted molar refractivity (Wildman–Crippen MR) is 87.2 cm³/mol. The number of carbonyl (C=O) groups is 1. The lowest BCUT2D eigenvalue weighted by Crippen LogP contribution is -2.32. The van der Waals surface area contributed by atoms with Crippen LogP contribution in [0.25, 0.3) is 0 Å². The fourth-order valence-corrected chi connectivity index (χ4v) is 3.31. The zero-order valence-corrected chi connectivity index (χ0v) is 13.0. The Labute approximate surface area is 126 Å². The fraction of sp³-hybridized carbons (Fsp3) is 0.562. The molecule has 110 valence electrons. The molecule has 1 aromatic rings. The van der Waals surface area contributed by atoms with Crippen LogP contribution < -0.4 is 5.32 Å². The van der Waals surface area contributed by atoms with E-state index in [0.29, 0.717) is 6.42 Å². The number of nitrogens with one attached hydrogen (secondary N) is 1. The Balaban J connectivity index is 1.96. The third-order valence-electron chi connectivity index (χ3n) is 3.55. The second kappa shape index (κ2) is 8.32. The van der Waals surface area contributed by atoms with E-state index < -0.39 is 0 Å². The van der Waals surface area contributed by atoms with Crippen LogP contribution in [0.4, 0.5) is 5.69 Å². The van der Waals surface area contributed by atoms with Crippen LogP contribution in [0.5, 0.6) is 0 Å². The number of hydrogen-bond donors (Lipinski definition) is 1. The molecule has 1 aliphatic rings. The molecule has 1 heterocycles.